The quantitative estimate of drug-likeness (QED) is 0.880. The predicted octanol–water partition coefficient (Wildman–Crippen LogP) is 1.19. The summed E-state index contributed by atoms with van der Waals surface area (Å²) in [6.45, 7) is 2.52. The maximum atomic E-state index is 12.1. The second-order valence-electron chi connectivity index (χ2n) is 5.52. The van der Waals surface area contributed by atoms with Crippen LogP contribution in [0.3, 0.4) is 0 Å². The van der Waals surface area contributed by atoms with Crippen LogP contribution < -0.4 is 5.32 Å². The normalized spacial score (nSPS) is 20.6. The molecule has 106 valence electrons. The minimum Gasteiger partial charge on any atom is -0.445 e. The van der Waals surface area contributed by atoms with Gasteiger partial charge in [0.2, 0.25) is 0 Å². The van der Waals surface area contributed by atoms with E-state index in [9.17, 15) is 9.59 Å². The van der Waals surface area contributed by atoms with E-state index in [1.807, 2.05) is 30.3 Å². The van der Waals surface area contributed by atoms with Crippen molar-refractivity contribution in [3.05, 3.63) is 35.9 Å². The van der Waals surface area contributed by atoms with Crippen molar-refractivity contribution in [1.29, 1.82) is 0 Å². The first kappa shape index (κ1) is 13.1. The predicted molar refractivity (Wildman–Crippen MR) is 73.1 cm³/mol. The van der Waals surface area contributed by atoms with Crippen molar-refractivity contribution in [2.45, 2.75) is 13.0 Å². The number of rotatable bonds is 2. The van der Waals surface area contributed by atoms with E-state index in [0.29, 0.717) is 6.54 Å². The van der Waals surface area contributed by atoms with Crippen LogP contribution in [0.1, 0.15) is 12.0 Å². The fraction of sp³-hybridized carbons (Fsp3) is 0.467. The molecule has 2 aliphatic rings. The minimum absolute atomic E-state index is 0.152. The van der Waals surface area contributed by atoms with Crippen LogP contribution in [0.4, 0.5) is 4.79 Å². The van der Waals surface area contributed by atoms with Crippen LogP contribution in [0.5, 0.6) is 0 Å². The van der Waals surface area contributed by atoms with Gasteiger partial charge in [-0.2, -0.15) is 0 Å². The molecule has 1 N–H and O–H groups in total. The SMILES string of the molecule is O=C(OCc1ccccc1)N1CCC2(CNC2)C(=O)C1. The third kappa shape index (κ3) is 2.41. The molecule has 5 heteroatoms. The molecule has 2 aliphatic heterocycles. The number of ketones is 1. The van der Waals surface area contributed by atoms with Gasteiger partial charge in [-0.05, 0) is 12.0 Å². The first-order valence-electron chi connectivity index (χ1n) is 6.89. The van der Waals surface area contributed by atoms with Gasteiger partial charge in [0.15, 0.2) is 5.78 Å². The number of likely N-dealkylation sites (tertiary alicyclic amines) is 1. The van der Waals surface area contributed by atoms with Crippen LogP contribution in [-0.4, -0.2) is 43.0 Å². The number of carbonyl (C=O) groups is 2. The number of benzene rings is 1. The summed E-state index contributed by atoms with van der Waals surface area (Å²) in [5.74, 6) is 0.152. The number of amides is 1. The summed E-state index contributed by atoms with van der Waals surface area (Å²) in [5.41, 5.74) is 0.736. The molecule has 0 saturated carbocycles. The van der Waals surface area contributed by atoms with Crippen LogP contribution >= 0.6 is 0 Å². The minimum atomic E-state index is -0.399. The monoisotopic (exact) mass is 274 g/mol. The summed E-state index contributed by atoms with van der Waals surface area (Å²) < 4.78 is 5.25. The zero-order chi connectivity index (χ0) is 14.0. The lowest BCUT2D eigenvalue weighted by molar-refractivity contribution is -0.136. The molecule has 0 bridgehead atoms. The summed E-state index contributed by atoms with van der Waals surface area (Å²) in [5, 5.41) is 3.14. The van der Waals surface area contributed by atoms with Crippen molar-refractivity contribution >= 4 is 11.9 Å². The van der Waals surface area contributed by atoms with Gasteiger partial charge in [-0.15, -0.1) is 0 Å². The second-order valence-corrected chi connectivity index (χ2v) is 5.52. The number of nitrogens with one attached hydrogen (secondary N) is 1. The number of ether oxygens (including phenoxy) is 1. The average Bonchev–Trinajstić information content (AvgIpc) is 2.44. The molecule has 1 spiro atoms. The van der Waals surface area contributed by atoms with Gasteiger partial charge in [-0.3, -0.25) is 4.79 Å². The highest BCUT2D eigenvalue weighted by Crippen LogP contribution is 2.32. The van der Waals surface area contributed by atoms with Gasteiger partial charge in [0.25, 0.3) is 0 Å². The van der Waals surface area contributed by atoms with Crippen molar-refractivity contribution in [1.82, 2.24) is 10.2 Å². The molecule has 0 unspecified atom stereocenters. The van der Waals surface area contributed by atoms with Crippen LogP contribution in [0.15, 0.2) is 30.3 Å². The molecule has 0 radical (unpaired) electrons. The molecule has 1 aromatic rings. The number of hydrogen-bond donors (Lipinski definition) is 1. The van der Waals surface area contributed by atoms with E-state index in [0.717, 1.165) is 25.1 Å². The van der Waals surface area contributed by atoms with Crippen LogP contribution in [0.25, 0.3) is 0 Å². The third-order valence-corrected chi connectivity index (χ3v) is 4.18. The largest absolute Gasteiger partial charge is 0.445 e. The first-order chi connectivity index (χ1) is 9.70. The molecule has 0 aromatic heterocycles. The van der Waals surface area contributed by atoms with Gasteiger partial charge in [0.05, 0.1) is 12.0 Å². The average molecular weight is 274 g/mol. The lowest BCUT2D eigenvalue weighted by Gasteiger charge is -2.46. The number of carbonyl (C=O) groups excluding carboxylic acids is 2. The number of piperidine rings is 1. The molecule has 2 saturated heterocycles. The Hall–Kier alpha value is -1.88. The van der Waals surface area contributed by atoms with Crippen LogP contribution in [0.2, 0.25) is 0 Å². The molecule has 2 fully saturated rings. The Balaban J connectivity index is 1.52. The van der Waals surface area contributed by atoms with E-state index in [1.54, 1.807) is 0 Å². The molecule has 2 heterocycles. The second kappa shape index (κ2) is 5.25. The Kier molecular flexibility index (Phi) is 3.44. The fourth-order valence-corrected chi connectivity index (χ4v) is 2.68. The third-order valence-electron chi connectivity index (χ3n) is 4.18. The fourth-order valence-electron chi connectivity index (χ4n) is 2.68. The van der Waals surface area contributed by atoms with Crippen LogP contribution in [-0.2, 0) is 16.1 Å². The standard InChI is InChI=1S/C15H18N2O3/c18-13-8-17(7-6-15(13)10-16-11-15)14(19)20-9-12-4-2-1-3-5-12/h1-5,16H,6-11H2. The Morgan fingerprint density at radius 3 is 2.65 bits per heavy atom. The van der Waals surface area contributed by atoms with E-state index in [2.05, 4.69) is 5.32 Å². The van der Waals surface area contributed by atoms with E-state index in [-0.39, 0.29) is 24.3 Å². The molecule has 3 rings (SSSR count). The van der Waals surface area contributed by atoms with E-state index in [1.165, 1.54) is 4.90 Å². The highest BCUT2D eigenvalue weighted by atomic mass is 16.6. The summed E-state index contributed by atoms with van der Waals surface area (Å²) in [7, 11) is 0. The highest BCUT2D eigenvalue weighted by Gasteiger charge is 2.47. The van der Waals surface area contributed by atoms with E-state index < -0.39 is 6.09 Å². The first-order valence-corrected chi connectivity index (χ1v) is 6.89. The van der Waals surface area contributed by atoms with Crippen molar-refractivity contribution < 1.29 is 14.3 Å². The molecule has 20 heavy (non-hydrogen) atoms. The van der Waals surface area contributed by atoms with Crippen molar-refractivity contribution in [3.8, 4) is 0 Å². The molecule has 1 aromatic carbocycles. The molecular weight excluding hydrogens is 256 g/mol. The van der Waals surface area contributed by atoms with Crippen molar-refractivity contribution in [3.63, 3.8) is 0 Å². The Morgan fingerprint density at radius 1 is 1.30 bits per heavy atom. The van der Waals surface area contributed by atoms with E-state index >= 15 is 0 Å². The summed E-state index contributed by atoms with van der Waals surface area (Å²) in [4.78, 5) is 25.6. The summed E-state index contributed by atoms with van der Waals surface area (Å²) in [6, 6.07) is 9.54. The molecule has 1 amide bonds. The molecule has 0 aliphatic carbocycles. The lowest BCUT2D eigenvalue weighted by Crippen LogP contribution is -2.64. The van der Waals surface area contributed by atoms with Gasteiger partial charge < -0.3 is 15.0 Å². The van der Waals surface area contributed by atoms with Crippen molar-refractivity contribution in [2.24, 2.45) is 5.41 Å². The number of nitrogens with zero attached hydrogens (tertiary/aromatic N) is 1. The topological polar surface area (TPSA) is 58.6 Å². The molecular formula is C15H18N2O3. The smallest absolute Gasteiger partial charge is 0.410 e. The number of hydrogen-bond acceptors (Lipinski definition) is 4. The number of Topliss-reactive ketones (excluding diaryl/α,β-unsaturated/α-hetero) is 1. The maximum Gasteiger partial charge on any atom is 0.410 e. The highest BCUT2D eigenvalue weighted by molar-refractivity contribution is 5.91. The maximum absolute atomic E-state index is 12.1. The molecule has 5 nitrogen and oxygen atoms in total. The van der Waals surface area contributed by atoms with Gasteiger partial charge >= 0.3 is 6.09 Å². The molecule has 0 atom stereocenters. The van der Waals surface area contributed by atoms with Gasteiger partial charge in [0.1, 0.15) is 6.61 Å². The van der Waals surface area contributed by atoms with Crippen molar-refractivity contribution in [2.75, 3.05) is 26.2 Å². The van der Waals surface area contributed by atoms with Gasteiger partial charge in [-0.1, -0.05) is 30.3 Å². The Bertz CT molecular complexity index is 511. The lowest BCUT2D eigenvalue weighted by atomic mass is 9.72. The van der Waals surface area contributed by atoms with Gasteiger partial charge in [-0.25, -0.2) is 4.79 Å². The van der Waals surface area contributed by atoms with Crippen LogP contribution in [0, 0.1) is 5.41 Å². The zero-order valence-corrected chi connectivity index (χ0v) is 11.3. The zero-order valence-electron chi connectivity index (χ0n) is 11.3. The van der Waals surface area contributed by atoms with Gasteiger partial charge in [0, 0.05) is 19.6 Å². The van der Waals surface area contributed by atoms with E-state index in [4.69, 9.17) is 4.74 Å². The summed E-state index contributed by atoms with van der Waals surface area (Å²) >= 11 is 0. The Labute approximate surface area is 117 Å². The summed E-state index contributed by atoms with van der Waals surface area (Å²) in [6.07, 6.45) is 0.337. The Morgan fingerprint density at radius 2 is 2.05 bits per heavy atom.